The average Bonchev–Trinajstić information content (AvgIpc) is 2.84. The van der Waals surface area contributed by atoms with E-state index in [1.54, 1.807) is 0 Å². The van der Waals surface area contributed by atoms with Crippen LogP contribution in [0.4, 0.5) is 5.69 Å². The summed E-state index contributed by atoms with van der Waals surface area (Å²) >= 11 is 0. The smallest absolute Gasteiger partial charge is 0.193 e. The third-order valence-electron chi connectivity index (χ3n) is 4.17. The average molecular weight is 467 g/mol. The zero-order valence-electron chi connectivity index (χ0n) is 15.2. The van der Waals surface area contributed by atoms with Crippen molar-refractivity contribution < 1.29 is 9.47 Å². The summed E-state index contributed by atoms with van der Waals surface area (Å²) in [6.45, 7) is 6.22. The van der Waals surface area contributed by atoms with Crippen molar-refractivity contribution in [2.75, 3.05) is 25.1 Å². The van der Waals surface area contributed by atoms with Crippen LogP contribution in [0.5, 0.6) is 11.5 Å². The summed E-state index contributed by atoms with van der Waals surface area (Å²) in [6.07, 6.45) is 0.887. The van der Waals surface area contributed by atoms with E-state index in [2.05, 4.69) is 48.4 Å². The molecule has 1 aliphatic rings. The first-order chi connectivity index (χ1) is 12.1. The molecule has 1 heterocycles. The number of benzene rings is 2. The molecule has 140 valence electrons. The number of nitrogens with zero attached hydrogens (tertiary/aromatic N) is 1. The maximum Gasteiger partial charge on any atom is 0.193 e. The summed E-state index contributed by atoms with van der Waals surface area (Å²) in [5.74, 6) is 2.22. The maximum absolute atomic E-state index is 6.04. The highest BCUT2D eigenvalue weighted by atomic mass is 127. The Hall–Kier alpha value is -1.96. The number of nitrogens with one attached hydrogen (secondary N) is 1. The van der Waals surface area contributed by atoms with Crippen LogP contribution in [0.2, 0.25) is 0 Å². The highest BCUT2D eigenvalue weighted by Gasteiger charge is 2.11. The van der Waals surface area contributed by atoms with Gasteiger partial charge in [-0.05, 0) is 24.6 Å². The van der Waals surface area contributed by atoms with Crippen molar-refractivity contribution in [1.29, 1.82) is 0 Å². The summed E-state index contributed by atoms with van der Waals surface area (Å²) in [6, 6.07) is 14.2. The predicted molar refractivity (Wildman–Crippen MR) is 117 cm³/mol. The minimum absolute atomic E-state index is 0. The molecule has 2 aromatic rings. The summed E-state index contributed by atoms with van der Waals surface area (Å²) < 4.78 is 11.3. The van der Waals surface area contributed by atoms with E-state index in [0.29, 0.717) is 31.6 Å². The second-order valence-electron chi connectivity index (χ2n) is 6.38. The highest BCUT2D eigenvalue weighted by Crippen LogP contribution is 2.32. The molecule has 1 atom stereocenters. The number of anilines is 1. The molecule has 3 N–H and O–H groups in total. The molecule has 1 unspecified atom stereocenters. The fourth-order valence-corrected chi connectivity index (χ4v) is 2.75. The van der Waals surface area contributed by atoms with Crippen LogP contribution in [0.25, 0.3) is 0 Å². The van der Waals surface area contributed by atoms with Gasteiger partial charge in [-0.25, -0.2) is 0 Å². The SMILES string of the molecule is Cc1cccc(C(C)CN=C(N)Nc2ccc3c(c2)OCCCO3)c1.I. The number of fused-ring (bicyclic) bond motifs is 1. The fraction of sp³-hybridized carbons (Fsp3) is 0.350. The molecule has 0 bridgehead atoms. The van der Waals surface area contributed by atoms with Gasteiger partial charge in [0.1, 0.15) is 0 Å². The number of hydrogen-bond donors (Lipinski definition) is 2. The molecule has 0 saturated heterocycles. The van der Waals surface area contributed by atoms with E-state index in [1.807, 2.05) is 18.2 Å². The van der Waals surface area contributed by atoms with Crippen LogP contribution < -0.4 is 20.5 Å². The number of aryl methyl sites for hydroxylation is 1. The van der Waals surface area contributed by atoms with Gasteiger partial charge in [-0.15, -0.1) is 24.0 Å². The van der Waals surface area contributed by atoms with E-state index >= 15 is 0 Å². The van der Waals surface area contributed by atoms with Gasteiger partial charge in [0.25, 0.3) is 0 Å². The Bertz CT molecular complexity index is 764. The first kappa shape index (κ1) is 20.4. The van der Waals surface area contributed by atoms with E-state index in [4.69, 9.17) is 15.2 Å². The standard InChI is InChI=1S/C20H25N3O2.HI/c1-14-5-3-6-16(11-14)15(2)13-22-20(21)23-17-7-8-18-19(12-17)25-10-4-9-24-18;/h3,5-8,11-12,15H,4,9-10,13H2,1-2H3,(H3,21,22,23);1H. The van der Waals surface area contributed by atoms with Crippen LogP contribution in [0.3, 0.4) is 0 Å². The summed E-state index contributed by atoms with van der Waals surface area (Å²) in [4.78, 5) is 4.47. The second kappa shape index (κ2) is 9.66. The van der Waals surface area contributed by atoms with Crippen molar-refractivity contribution in [2.45, 2.75) is 26.2 Å². The summed E-state index contributed by atoms with van der Waals surface area (Å²) in [7, 11) is 0. The molecule has 3 rings (SSSR count). The third kappa shape index (κ3) is 5.52. The van der Waals surface area contributed by atoms with Crippen molar-refractivity contribution in [3.63, 3.8) is 0 Å². The second-order valence-corrected chi connectivity index (χ2v) is 6.38. The Balaban J connectivity index is 0.00000243. The lowest BCUT2D eigenvalue weighted by molar-refractivity contribution is 0.297. The van der Waals surface area contributed by atoms with Crippen LogP contribution in [-0.2, 0) is 0 Å². The van der Waals surface area contributed by atoms with Gasteiger partial charge in [0.2, 0.25) is 0 Å². The molecule has 0 aliphatic carbocycles. The third-order valence-corrected chi connectivity index (χ3v) is 4.17. The Labute approximate surface area is 172 Å². The van der Waals surface area contributed by atoms with Crippen LogP contribution >= 0.6 is 24.0 Å². The molecule has 26 heavy (non-hydrogen) atoms. The largest absolute Gasteiger partial charge is 0.490 e. The van der Waals surface area contributed by atoms with E-state index in [1.165, 1.54) is 11.1 Å². The van der Waals surface area contributed by atoms with Crippen LogP contribution in [0.1, 0.15) is 30.4 Å². The molecule has 0 aromatic heterocycles. The molecule has 2 aromatic carbocycles. The van der Waals surface area contributed by atoms with E-state index in [0.717, 1.165) is 23.6 Å². The summed E-state index contributed by atoms with van der Waals surface area (Å²) in [5, 5.41) is 3.12. The molecule has 6 heteroatoms. The van der Waals surface area contributed by atoms with Gasteiger partial charge in [-0.1, -0.05) is 36.8 Å². The lowest BCUT2D eigenvalue weighted by Gasteiger charge is -2.12. The normalized spacial score (nSPS) is 14.8. The highest BCUT2D eigenvalue weighted by molar-refractivity contribution is 14.0. The first-order valence-corrected chi connectivity index (χ1v) is 8.65. The van der Waals surface area contributed by atoms with E-state index in [9.17, 15) is 0 Å². The Morgan fingerprint density at radius 2 is 1.92 bits per heavy atom. The maximum atomic E-state index is 6.04. The predicted octanol–water partition coefficient (Wildman–Crippen LogP) is 4.30. The van der Waals surface area contributed by atoms with Gasteiger partial charge in [-0.2, -0.15) is 0 Å². The number of halogens is 1. The molecule has 0 spiro atoms. The minimum Gasteiger partial charge on any atom is -0.490 e. The monoisotopic (exact) mass is 467 g/mol. The molecule has 5 nitrogen and oxygen atoms in total. The lowest BCUT2D eigenvalue weighted by atomic mass is 10.00. The number of ether oxygens (including phenoxy) is 2. The Kier molecular flexibility index (Phi) is 7.56. The van der Waals surface area contributed by atoms with Gasteiger partial charge >= 0.3 is 0 Å². The van der Waals surface area contributed by atoms with Crippen LogP contribution in [0.15, 0.2) is 47.5 Å². The summed E-state index contributed by atoms with van der Waals surface area (Å²) in [5.41, 5.74) is 9.40. The van der Waals surface area contributed by atoms with Gasteiger partial charge < -0.3 is 20.5 Å². The quantitative estimate of drug-likeness (QED) is 0.400. The Morgan fingerprint density at radius 1 is 1.15 bits per heavy atom. The fourth-order valence-electron chi connectivity index (χ4n) is 2.75. The van der Waals surface area contributed by atoms with E-state index < -0.39 is 0 Å². The number of hydrogen-bond acceptors (Lipinski definition) is 3. The number of aliphatic imine (C=N–C) groups is 1. The first-order valence-electron chi connectivity index (χ1n) is 8.65. The van der Waals surface area contributed by atoms with E-state index in [-0.39, 0.29) is 24.0 Å². The van der Waals surface area contributed by atoms with Gasteiger partial charge in [0, 0.05) is 30.6 Å². The minimum atomic E-state index is 0. The molecule has 0 fully saturated rings. The van der Waals surface area contributed by atoms with Gasteiger partial charge in [0.05, 0.1) is 13.2 Å². The van der Waals surface area contributed by atoms with Crippen molar-refractivity contribution in [3.05, 3.63) is 53.6 Å². The Morgan fingerprint density at radius 3 is 2.69 bits per heavy atom. The molecular formula is C20H26IN3O2. The zero-order valence-corrected chi connectivity index (χ0v) is 17.5. The zero-order chi connectivity index (χ0) is 17.6. The van der Waals surface area contributed by atoms with Crippen molar-refractivity contribution >= 4 is 35.6 Å². The van der Waals surface area contributed by atoms with Crippen LogP contribution in [-0.4, -0.2) is 25.7 Å². The van der Waals surface area contributed by atoms with Gasteiger partial charge in [-0.3, -0.25) is 4.99 Å². The molecule has 0 saturated carbocycles. The topological polar surface area (TPSA) is 68.9 Å². The molecular weight excluding hydrogens is 441 g/mol. The number of guanidine groups is 1. The van der Waals surface area contributed by atoms with Crippen molar-refractivity contribution in [3.8, 4) is 11.5 Å². The molecule has 1 aliphatic heterocycles. The number of nitrogens with two attached hydrogens (primary N) is 1. The van der Waals surface area contributed by atoms with Crippen LogP contribution in [0, 0.1) is 6.92 Å². The van der Waals surface area contributed by atoms with Gasteiger partial charge in [0.15, 0.2) is 17.5 Å². The molecule has 0 amide bonds. The number of rotatable bonds is 4. The molecule has 0 radical (unpaired) electrons. The van der Waals surface area contributed by atoms with Crippen molar-refractivity contribution in [2.24, 2.45) is 10.7 Å². The van der Waals surface area contributed by atoms with Crippen molar-refractivity contribution in [1.82, 2.24) is 0 Å². The lowest BCUT2D eigenvalue weighted by Crippen LogP contribution is -2.23.